The molecule has 4 rings (SSSR count). The average Bonchev–Trinajstić information content (AvgIpc) is 3.32. The summed E-state index contributed by atoms with van der Waals surface area (Å²) in [6.45, 7) is 6.76. The Labute approximate surface area is 196 Å². The molecular weight excluding hydrogens is 590 g/mol. The van der Waals surface area contributed by atoms with E-state index in [0.717, 1.165) is 12.8 Å². The van der Waals surface area contributed by atoms with Crippen molar-refractivity contribution < 1.29 is 17.1 Å². The van der Waals surface area contributed by atoms with Crippen molar-refractivity contribution in [2.24, 2.45) is 0 Å². The fourth-order valence-corrected chi connectivity index (χ4v) is 25.1. The smallest absolute Gasteiger partial charge is 0.147 e. The van der Waals surface area contributed by atoms with Gasteiger partial charge in [-0.05, 0) is 0 Å². The molecule has 2 aromatic rings. The van der Waals surface area contributed by atoms with Crippen LogP contribution >= 0.6 is 24.8 Å². The molecule has 2 aliphatic rings. The third-order valence-electron chi connectivity index (χ3n) is 6.46. The number of hydrogen-bond donors (Lipinski definition) is 0. The molecule has 30 heavy (non-hydrogen) atoms. The Morgan fingerprint density at radius 2 is 1.10 bits per heavy atom. The number of rotatable bonds is 4. The first-order chi connectivity index (χ1) is 13.2. The van der Waals surface area contributed by atoms with Crippen molar-refractivity contribution >= 4 is 42.9 Å². The maximum Gasteiger partial charge on any atom is -0.147 e. The second-order valence-electron chi connectivity index (χ2n) is 9.42. The molecule has 0 unspecified atom stereocenters. The van der Waals surface area contributed by atoms with Crippen LogP contribution in [0.1, 0.15) is 35.1 Å². The van der Waals surface area contributed by atoms with Gasteiger partial charge in [-0.2, -0.15) is 0 Å². The molecule has 4 heteroatoms. The molecule has 158 valence electrons. The Morgan fingerprint density at radius 3 is 1.47 bits per heavy atom. The molecule has 0 aliphatic heterocycles. The van der Waals surface area contributed by atoms with E-state index >= 15 is 0 Å². The minimum Gasteiger partial charge on any atom is -0.147 e. The minimum absolute atomic E-state index is 0. The summed E-state index contributed by atoms with van der Waals surface area (Å²) >= 11 is -3.42. The third kappa shape index (κ3) is 4.62. The van der Waals surface area contributed by atoms with Crippen LogP contribution in [-0.2, 0) is 17.1 Å². The van der Waals surface area contributed by atoms with Crippen LogP contribution in [0.3, 0.4) is 0 Å². The van der Waals surface area contributed by atoms with E-state index in [0.29, 0.717) is 0 Å². The first-order valence-electron chi connectivity index (χ1n) is 10.3. The third-order valence-corrected chi connectivity index (χ3v) is 30.8. The van der Waals surface area contributed by atoms with Gasteiger partial charge in [-0.25, -0.2) is 0 Å². The minimum atomic E-state index is -3.42. The van der Waals surface area contributed by atoms with E-state index in [2.05, 4.69) is 103 Å². The Bertz CT molecular complexity index is 1070. The molecule has 0 radical (unpaired) electrons. The van der Waals surface area contributed by atoms with Gasteiger partial charge in [-0.3, -0.25) is 0 Å². The van der Waals surface area contributed by atoms with Crippen LogP contribution in [0.15, 0.2) is 79.5 Å². The van der Waals surface area contributed by atoms with Crippen LogP contribution in [0.2, 0.25) is 9.36 Å². The van der Waals surface area contributed by atoms with E-state index < -0.39 is 17.1 Å². The van der Waals surface area contributed by atoms with Crippen LogP contribution in [0, 0.1) is 13.8 Å². The van der Waals surface area contributed by atoms with E-state index in [1.165, 1.54) is 33.4 Å². The van der Waals surface area contributed by atoms with Crippen molar-refractivity contribution in [3.8, 4) is 0 Å². The number of aryl methyl sites for hydroxylation is 2. The molecule has 0 spiro atoms. The van der Waals surface area contributed by atoms with Crippen LogP contribution in [0.5, 0.6) is 0 Å². The first-order valence-corrected chi connectivity index (χ1v) is 29.4. The molecule has 2 aliphatic carbocycles. The molecule has 0 saturated heterocycles. The van der Waals surface area contributed by atoms with Crippen LogP contribution in [0.4, 0.5) is 0 Å². The SMILES string of the molecule is Cc1cccc(C2=[C]([Hf]([CH3])([CH3])(=[SiH2])[C]3=C(c4cccc(C)c4)C=CC3)CC=C2)c1.Cl.Cl. The molecule has 0 heterocycles. The topological polar surface area (TPSA) is 0 Å². The molecule has 0 nitrogen and oxygen atoms in total. The summed E-state index contributed by atoms with van der Waals surface area (Å²) in [4.78, 5) is 0. The summed E-state index contributed by atoms with van der Waals surface area (Å²) in [7, 11) is 0. The van der Waals surface area contributed by atoms with Gasteiger partial charge in [0.25, 0.3) is 0 Å². The van der Waals surface area contributed by atoms with Gasteiger partial charge in [0.2, 0.25) is 0 Å². The van der Waals surface area contributed by atoms with Crippen LogP contribution in [-0.4, -0.2) is 6.94 Å². The molecule has 0 bridgehead atoms. The van der Waals surface area contributed by atoms with E-state index in [-0.39, 0.29) is 24.8 Å². The van der Waals surface area contributed by atoms with E-state index in [9.17, 15) is 0 Å². The molecule has 0 fully saturated rings. The van der Waals surface area contributed by atoms with Crippen LogP contribution in [0.25, 0.3) is 11.1 Å². The molecule has 0 amide bonds. The summed E-state index contributed by atoms with van der Waals surface area (Å²) in [6.07, 6.45) is 11.8. The van der Waals surface area contributed by atoms with Gasteiger partial charge in [-0.1, -0.05) is 0 Å². The second-order valence-corrected chi connectivity index (χ2v) is 50.4. The predicted molar refractivity (Wildman–Crippen MR) is 138 cm³/mol. The predicted octanol–water partition coefficient (Wildman–Crippen LogP) is 7.52. The number of allylic oxidation sites excluding steroid dienone is 8. The Kier molecular flexibility index (Phi) is 7.84. The molecule has 0 N–H and O–H groups in total. The number of benzene rings is 2. The van der Waals surface area contributed by atoms with Gasteiger partial charge >= 0.3 is 173 Å². The average molecular weight is 622 g/mol. The number of halogens is 2. The van der Waals surface area contributed by atoms with Crippen molar-refractivity contribution in [2.75, 3.05) is 0 Å². The fraction of sp³-hybridized carbons (Fsp3) is 0.231. The van der Waals surface area contributed by atoms with Gasteiger partial charge < -0.3 is 0 Å². The Morgan fingerprint density at radius 1 is 0.700 bits per heavy atom. The van der Waals surface area contributed by atoms with Crippen molar-refractivity contribution in [1.29, 1.82) is 0 Å². The Hall–Kier alpha value is -0.933. The molecule has 0 atom stereocenters. The zero-order valence-electron chi connectivity index (χ0n) is 18.4. The van der Waals surface area contributed by atoms with Gasteiger partial charge in [0.1, 0.15) is 0 Å². The molecular formula is C26H32Cl2HfSi. The van der Waals surface area contributed by atoms with E-state index in [1.54, 1.807) is 6.66 Å². The zero-order valence-corrected chi connectivity index (χ0v) is 25.0. The molecule has 2 aromatic carbocycles. The van der Waals surface area contributed by atoms with Crippen LogP contribution < -0.4 is 0 Å². The largest absolute Gasteiger partial charge is 0.147 e. The standard InChI is InChI=1S/2C12H11.2CH3.2ClH.Hf.H2Si/c2*1-10-5-4-8-12(9-10)11-6-2-3-7-11;;;;;;/h2*2,4-6,8-9H,3H2,1H3;2*1H3;2*1H;;1H2. The molecule has 0 aromatic heterocycles. The summed E-state index contributed by atoms with van der Waals surface area (Å²) in [6, 6.07) is 18.1. The summed E-state index contributed by atoms with van der Waals surface area (Å²) in [5, 5.41) is 0. The van der Waals surface area contributed by atoms with Gasteiger partial charge in [0.05, 0.1) is 0 Å². The van der Waals surface area contributed by atoms with Crippen molar-refractivity contribution in [1.82, 2.24) is 0 Å². The van der Waals surface area contributed by atoms with Gasteiger partial charge in [0.15, 0.2) is 0 Å². The summed E-state index contributed by atoms with van der Waals surface area (Å²) < 4.78 is 8.83. The van der Waals surface area contributed by atoms with Crippen molar-refractivity contribution in [3.05, 3.63) is 102 Å². The zero-order chi connectivity index (χ0) is 20.0. The summed E-state index contributed by atoms with van der Waals surface area (Å²) in [5.41, 5.74) is 8.47. The first kappa shape index (κ1) is 25.3. The quantitative estimate of drug-likeness (QED) is 0.310. The molecule has 0 saturated carbocycles. The van der Waals surface area contributed by atoms with E-state index in [1.807, 2.05) is 0 Å². The fourth-order valence-electron chi connectivity index (χ4n) is 4.88. The van der Waals surface area contributed by atoms with Crippen molar-refractivity contribution in [2.45, 2.75) is 36.0 Å². The second kappa shape index (κ2) is 9.28. The van der Waals surface area contributed by atoms with Gasteiger partial charge in [0, 0.05) is 0 Å². The normalized spacial score (nSPS) is 16.0. The van der Waals surface area contributed by atoms with Gasteiger partial charge in [-0.15, -0.1) is 24.8 Å². The number of hydrogen-bond acceptors (Lipinski definition) is 0. The monoisotopic (exact) mass is 622 g/mol. The maximum atomic E-state index is 2.66. The summed E-state index contributed by atoms with van der Waals surface area (Å²) in [5.74, 6) is 0. The maximum absolute atomic E-state index is 3.42. The van der Waals surface area contributed by atoms with E-state index in [4.69, 9.17) is 0 Å². The Balaban J connectivity index is 0.00000160. The van der Waals surface area contributed by atoms with Crippen molar-refractivity contribution in [3.63, 3.8) is 0 Å².